The molecule has 4 heteroatoms. The molecular weight excluding hydrogens is 148 g/mol. The van der Waals surface area contributed by atoms with Crippen molar-refractivity contribution in [2.45, 2.75) is 32.2 Å². The molecule has 1 N–H and O–H groups in total. The number of carbonyl (C=O) groups is 1. The van der Waals surface area contributed by atoms with Gasteiger partial charge in [0.15, 0.2) is 0 Å². The zero-order valence-electron chi connectivity index (χ0n) is 6.45. The summed E-state index contributed by atoms with van der Waals surface area (Å²) in [7, 11) is 0. The molecule has 64 valence electrons. The summed E-state index contributed by atoms with van der Waals surface area (Å²) < 4.78 is 9.90. The third kappa shape index (κ3) is 2.48. The van der Waals surface area contributed by atoms with Crippen LogP contribution in [-0.2, 0) is 14.3 Å². The maximum atomic E-state index is 10.4. The van der Waals surface area contributed by atoms with Crippen LogP contribution in [0.3, 0.4) is 0 Å². The summed E-state index contributed by atoms with van der Waals surface area (Å²) in [4.78, 5) is 10.4. The fourth-order valence-electron chi connectivity index (χ4n) is 1.08. The van der Waals surface area contributed by atoms with Crippen LogP contribution in [0.2, 0.25) is 0 Å². The van der Waals surface area contributed by atoms with Crippen molar-refractivity contribution in [1.29, 1.82) is 0 Å². The van der Waals surface area contributed by atoms with Gasteiger partial charge in [0.05, 0.1) is 12.7 Å². The molecule has 1 rings (SSSR count). The number of esters is 1. The van der Waals surface area contributed by atoms with Crippen molar-refractivity contribution in [2.24, 2.45) is 0 Å². The van der Waals surface area contributed by atoms with Crippen molar-refractivity contribution in [3.05, 3.63) is 0 Å². The van der Waals surface area contributed by atoms with Gasteiger partial charge in [-0.3, -0.25) is 4.79 Å². The Labute approximate surface area is 65.1 Å². The summed E-state index contributed by atoms with van der Waals surface area (Å²) in [6.45, 7) is 1.34. The smallest absolute Gasteiger partial charge is 0.304 e. The fourth-order valence-corrected chi connectivity index (χ4v) is 1.08. The quantitative estimate of drug-likeness (QED) is 0.580. The van der Waals surface area contributed by atoms with Gasteiger partial charge in [-0.15, -0.1) is 0 Å². The molecule has 0 aromatic rings. The number of rotatable bonds is 2. The molecule has 0 bridgehead atoms. The highest BCUT2D eigenvalue weighted by Crippen LogP contribution is 2.19. The molecule has 1 fully saturated rings. The Morgan fingerprint density at radius 1 is 1.73 bits per heavy atom. The number of ether oxygens (including phenoxy) is 2. The summed E-state index contributed by atoms with van der Waals surface area (Å²) in [6.07, 6.45) is 0.850. The van der Waals surface area contributed by atoms with E-state index in [1.807, 2.05) is 0 Å². The predicted octanol–water partition coefficient (Wildman–Crippen LogP) is 0.0469. The van der Waals surface area contributed by atoms with E-state index in [1.54, 1.807) is 0 Å². The first-order valence-corrected chi connectivity index (χ1v) is 3.66. The SMILES string of the molecule is CC(=O)O[C@H]1CC[C@@H](CO)O1. The van der Waals surface area contributed by atoms with Crippen LogP contribution in [-0.4, -0.2) is 30.1 Å². The Morgan fingerprint density at radius 3 is 2.91 bits per heavy atom. The maximum Gasteiger partial charge on any atom is 0.304 e. The Balaban J connectivity index is 2.24. The van der Waals surface area contributed by atoms with E-state index in [-0.39, 0.29) is 18.7 Å². The van der Waals surface area contributed by atoms with E-state index >= 15 is 0 Å². The normalized spacial score (nSPS) is 30.4. The minimum atomic E-state index is -0.440. The van der Waals surface area contributed by atoms with Crippen molar-refractivity contribution in [1.82, 2.24) is 0 Å². The van der Waals surface area contributed by atoms with Crippen LogP contribution < -0.4 is 0 Å². The average Bonchev–Trinajstić information content (AvgIpc) is 2.34. The van der Waals surface area contributed by atoms with Crippen LogP contribution in [0, 0.1) is 0 Å². The Hall–Kier alpha value is -0.610. The number of aliphatic hydroxyl groups excluding tert-OH is 1. The molecule has 0 aromatic carbocycles. The first-order valence-electron chi connectivity index (χ1n) is 3.66. The van der Waals surface area contributed by atoms with Crippen molar-refractivity contribution in [3.8, 4) is 0 Å². The molecule has 1 saturated heterocycles. The van der Waals surface area contributed by atoms with Gasteiger partial charge in [-0.25, -0.2) is 0 Å². The highest BCUT2D eigenvalue weighted by atomic mass is 16.7. The largest absolute Gasteiger partial charge is 0.436 e. The van der Waals surface area contributed by atoms with Crippen LogP contribution in [0.5, 0.6) is 0 Å². The third-order valence-corrected chi connectivity index (χ3v) is 1.57. The van der Waals surface area contributed by atoms with E-state index in [0.717, 1.165) is 6.42 Å². The number of hydrogen-bond acceptors (Lipinski definition) is 4. The topological polar surface area (TPSA) is 55.8 Å². The first kappa shape index (κ1) is 8.49. The van der Waals surface area contributed by atoms with Gasteiger partial charge in [-0.05, 0) is 6.42 Å². The van der Waals surface area contributed by atoms with Crippen molar-refractivity contribution in [2.75, 3.05) is 6.61 Å². The molecule has 0 spiro atoms. The molecule has 0 amide bonds. The van der Waals surface area contributed by atoms with Crippen LogP contribution in [0.15, 0.2) is 0 Å². The standard InChI is InChI=1S/C7H12O4/c1-5(9)10-7-3-2-6(4-8)11-7/h6-8H,2-4H2,1H3/t6-,7+/m0/s1. The molecule has 0 unspecified atom stereocenters. The molecule has 0 aliphatic carbocycles. The lowest BCUT2D eigenvalue weighted by atomic mass is 10.2. The molecule has 0 aromatic heterocycles. The molecule has 1 aliphatic rings. The summed E-state index contributed by atoms with van der Waals surface area (Å²) in [6, 6.07) is 0. The monoisotopic (exact) mass is 160 g/mol. The van der Waals surface area contributed by atoms with E-state index in [4.69, 9.17) is 14.6 Å². The van der Waals surface area contributed by atoms with Gasteiger partial charge < -0.3 is 14.6 Å². The van der Waals surface area contributed by atoms with E-state index in [1.165, 1.54) is 6.92 Å². The number of carbonyl (C=O) groups excluding carboxylic acids is 1. The molecular formula is C7H12O4. The first-order chi connectivity index (χ1) is 5.22. The highest BCUT2D eigenvalue weighted by Gasteiger charge is 2.26. The van der Waals surface area contributed by atoms with Gasteiger partial charge >= 0.3 is 5.97 Å². The van der Waals surface area contributed by atoms with Crippen LogP contribution in [0.4, 0.5) is 0 Å². The number of aliphatic hydroxyl groups is 1. The number of hydrogen-bond donors (Lipinski definition) is 1. The van der Waals surface area contributed by atoms with Crippen LogP contribution >= 0.6 is 0 Å². The van der Waals surface area contributed by atoms with E-state index in [0.29, 0.717) is 6.42 Å². The minimum Gasteiger partial charge on any atom is -0.436 e. The van der Waals surface area contributed by atoms with E-state index in [2.05, 4.69) is 0 Å². The van der Waals surface area contributed by atoms with Gasteiger partial charge in [-0.2, -0.15) is 0 Å². The van der Waals surface area contributed by atoms with E-state index < -0.39 is 6.29 Å². The van der Waals surface area contributed by atoms with Crippen LogP contribution in [0.25, 0.3) is 0 Å². The second kappa shape index (κ2) is 3.69. The van der Waals surface area contributed by atoms with Crippen molar-refractivity contribution < 1.29 is 19.4 Å². The predicted molar refractivity (Wildman–Crippen MR) is 36.7 cm³/mol. The maximum absolute atomic E-state index is 10.4. The van der Waals surface area contributed by atoms with Gasteiger partial charge in [-0.1, -0.05) is 0 Å². The molecule has 1 aliphatic heterocycles. The molecule has 0 saturated carbocycles. The average molecular weight is 160 g/mol. The molecule has 4 nitrogen and oxygen atoms in total. The molecule has 1 heterocycles. The van der Waals surface area contributed by atoms with Gasteiger partial charge in [0.2, 0.25) is 6.29 Å². The van der Waals surface area contributed by atoms with Crippen molar-refractivity contribution in [3.63, 3.8) is 0 Å². The summed E-state index contributed by atoms with van der Waals surface area (Å²) in [5.41, 5.74) is 0. The van der Waals surface area contributed by atoms with Gasteiger partial charge in [0.25, 0.3) is 0 Å². The van der Waals surface area contributed by atoms with Crippen LogP contribution in [0.1, 0.15) is 19.8 Å². The van der Waals surface area contributed by atoms with E-state index in [9.17, 15) is 4.79 Å². The lowest BCUT2D eigenvalue weighted by molar-refractivity contribution is -0.174. The molecule has 11 heavy (non-hydrogen) atoms. The van der Waals surface area contributed by atoms with Crippen molar-refractivity contribution >= 4 is 5.97 Å². The lowest BCUT2D eigenvalue weighted by Crippen LogP contribution is -2.18. The highest BCUT2D eigenvalue weighted by molar-refractivity contribution is 5.66. The summed E-state index contributed by atoms with van der Waals surface area (Å²) >= 11 is 0. The third-order valence-electron chi connectivity index (χ3n) is 1.57. The zero-order chi connectivity index (χ0) is 8.27. The summed E-state index contributed by atoms with van der Waals surface area (Å²) in [5, 5.41) is 8.65. The van der Waals surface area contributed by atoms with Gasteiger partial charge in [0, 0.05) is 13.3 Å². The Bertz CT molecular complexity index is 145. The summed E-state index contributed by atoms with van der Waals surface area (Å²) in [5.74, 6) is -0.339. The Kier molecular flexibility index (Phi) is 2.84. The Morgan fingerprint density at radius 2 is 2.45 bits per heavy atom. The fraction of sp³-hybridized carbons (Fsp3) is 0.857. The second-order valence-corrected chi connectivity index (χ2v) is 2.56. The lowest BCUT2D eigenvalue weighted by Gasteiger charge is -2.10. The molecule has 0 radical (unpaired) electrons. The zero-order valence-corrected chi connectivity index (χ0v) is 6.45. The molecule has 2 atom stereocenters. The second-order valence-electron chi connectivity index (χ2n) is 2.56. The minimum absolute atomic E-state index is 0.00222. The van der Waals surface area contributed by atoms with Gasteiger partial charge in [0.1, 0.15) is 0 Å².